The first kappa shape index (κ1) is 14.3. The van der Waals surface area contributed by atoms with Gasteiger partial charge in [-0.3, -0.25) is 9.97 Å². The molecule has 3 rings (SSSR count). The highest BCUT2D eigenvalue weighted by Crippen LogP contribution is 2.30. The van der Waals surface area contributed by atoms with E-state index in [0.717, 1.165) is 27.4 Å². The van der Waals surface area contributed by atoms with Crippen molar-refractivity contribution in [2.24, 2.45) is 0 Å². The van der Waals surface area contributed by atoms with Gasteiger partial charge >= 0.3 is 6.03 Å². The Morgan fingerprint density at radius 2 is 2.00 bits per heavy atom. The Balaban J connectivity index is 2.13. The number of urea groups is 1. The molecule has 0 fully saturated rings. The molecule has 0 aliphatic rings. The Morgan fingerprint density at radius 3 is 2.77 bits per heavy atom. The Kier molecular flexibility index (Phi) is 3.87. The zero-order valence-electron chi connectivity index (χ0n) is 12.7. The van der Waals surface area contributed by atoms with E-state index in [-0.39, 0.29) is 6.03 Å². The number of rotatable bonds is 3. The fourth-order valence-electron chi connectivity index (χ4n) is 2.61. The largest absolute Gasteiger partial charge is 0.325 e. The predicted molar refractivity (Wildman–Crippen MR) is 89.0 cm³/mol. The van der Waals surface area contributed by atoms with E-state index in [1.165, 1.54) is 0 Å². The molecule has 2 amide bonds. The number of carbonyl (C=O) groups is 1. The number of anilines is 1. The number of fused-ring (bicyclic) bond motifs is 3. The zero-order chi connectivity index (χ0) is 15.5. The summed E-state index contributed by atoms with van der Waals surface area (Å²) in [5.74, 6) is 0. The normalized spacial score (nSPS) is 10.8. The van der Waals surface area contributed by atoms with Crippen LogP contribution in [0.4, 0.5) is 10.5 Å². The number of hydrogen-bond acceptors (Lipinski definition) is 3. The summed E-state index contributed by atoms with van der Waals surface area (Å²) in [5.41, 5.74) is 1.63. The molecule has 2 aromatic heterocycles. The minimum atomic E-state index is -0.0939. The maximum atomic E-state index is 12.3. The molecule has 0 radical (unpaired) electrons. The summed E-state index contributed by atoms with van der Waals surface area (Å²) >= 11 is 0. The first-order valence-electron chi connectivity index (χ1n) is 7.42. The molecule has 112 valence electrons. The molecular formula is C17H18N4O. The van der Waals surface area contributed by atoms with Crippen molar-refractivity contribution in [3.05, 3.63) is 42.9 Å². The van der Waals surface area contributed by atoms with E-state index in [9.17, 15) is 4.79 Å². The molecule has 0 aliphatic heterocycles. The molecule has 0 saturated heterocycles. The highest BCUT2D eigenvalue weighted by atomic mass is 16.2. The van der Waals surface area contributed by atoms with Gasteiger partial charge in [0.15, 0.2) is 0 Å². The van der Waals surface area contributed by atoms with E-state index in [0.29, 0.717) is 13.1 Å². The molecule has 1 aromatic carbocycles. The predicted octanol–water partition coefficient (Wildman–Crippen LogP) is 3.66. The summed E-state index contributed by atoms with van der Waals surface area (Å²) in [6.45, 7) is 5.29. The van der Waals surface area contributed by atoms with Crippen LogP contribution >= 0.6 is 0 Å². The molecule has 5 nitrogen and oxygen atoms in total. The third-order valence-corrected chi connectivity index (χ3v) is 3.80. The molecule has 5 heteroatoms. The Hall–Kier alpha value is -2.69. The molecule has 0 bridgehead atoms. The van der Waals surface area contributed by atoms with Crippen molar-refractivity contribution in [1.29, 1.82) is 0 Å². The number of nitrogens with one attached hydrogen (secondary N) is 1. The quantitative estimate of drug-likeness (QED) is 0.750. The van der Waals surface area contributed by atoms with Crippen molar-refractivity contribution in [2.45, 2.75) is 13.8 Å². The molecule has 0 unspecified atom stereocenters. The van der Waals surface area contributed by atoms with Crippen molar-refractivity contribution >= 4 is 33.4 Å². The Labute approximate surface area is 129 Å². The number of hydrogen-bond donors (Lipinski definition) is 1. The molecule has 0 aliphatic carbocycles. The van der Waals surface area contributed by atoms with Gasteiger partial charge in [-0.05, 0) is 43.5 Å². The molecule has 0 spiro atoms. The average molecular weight is 294 g/mol. The van der Waals surface area contributed by atoms with E-state index in [1.807, 2.05) is 38.1 Å². The molecule has 3 aromatic rings. The lowest BCUT2D eigenvalue weighted by Crippen LogP contribution is -2.34. The van der Waals surface area contributed by atoms with Crippen LogP contribution in [-0.2, 0) is 0 Å². The van der Waals surface area contributed by atoms with Crippen LogP contribution in [0.2, 0.25) is 0 Å². The van der Waals surface area contributed by atoms with Crippen LogP contribution in [0.5, 0.6) is 0 Å². The second kappa shape index (κ2) is 5.97. The van der Waals surface area contributed by atoms with E-state index in [4.69, 9.17) is 0 Å². The lowest BCUT2D eigenvalue weighted by atomic mass is 10.1. The van der Waals surface area contributed by atoms with Gasteiger partial charge in [-0.25, -0.2) is 4.79 Å². The maximum absolute atomic E-state index is 12.3. The molecule has 22 heavy (non-hydrogen) atoms. The van der Waals surface area contributed by atoms with E-state index in [1.54, 1.807) is 23.5 Å². The summed E-state index contributed by atoms with van der Waals surface area (Å²) in [4.78, 5) is 22.7. The van der Waals surface area contributed by atoms with Crippen LogP contribution in [0, 0.1) is 0 Å². The molecular weight excluding hydrogens is 276 g/mol. The highest BCUT2D eigenvalue weighted by molar-refractivity contribution is 6.12. The maximum Gasteiger partial charge on any atom is 0.321 e. The number of amides is 2. The third kappa shape index (κ3) is 2.45. The van der Waals surface area contributed by atoms with E-state index >= 15 is 0 Å². The van der Waals surface area contributed by atoms with Crippen LogP contribution in [0.3, 0.4) is 0 Å². The van der Waals surface area contributed by atoms with Gasteiger partial charge in [-0.1, -0.05) is 0 Å². The van der Waals surface area contributed by atoms with Crippen LogP contribution in [-0.4, -0.2) is 34.0 Å². The van der Waals surface area contributed by atoms with Crippen LogP contribution in [0.15, 0.2) is 42.9 Å². The third-order valence-electron chi connectivity index (χ3n) is 3.80. The highest BCUT2D eigenvalue weighted by Gasteiger charge is 2.13. The second-order valence-corrected chi connectivity index (χ2v) is 5.02. The standard InChI is InChI=1S/C17H18N4O/c1-3-21(4-2)17(22)20-15-10-12-7-9-18-11-14(12)16-13(15)6-5-8-19-16/h5-11H,3-4H2,1-2H3,(H,20,22). The monoisotopic (exact) mass is 294 g/mol. The van der Waals surface area contributed by atoms with Crippen molar-refractivity contribution in [2.75, 3.05) is 18.4 Å². The first-order valence-corrected chi connectivity index (χ1v) is 7.42. The number of benzene rings is 1. The minimum Gasteiger partial charge on any atom is -0.325 e. The molecule has 1 N–H and O–H groups in total. The first-order chi connectivity index (χ1) is 10.7. The molecule has 0 saturated carbocycles. The SMILES string of the molecule is CCN(CC)C(=O)Nc1cc2ccncc2c2ncccc12. The fourth-order valence-corrected chi connectivity index (χ4v) is 2.61. The summed E-state index contributed by atoms with van der Waals surface area (Å²) < 4.78 is 0. The minimum absolute atomic E-state index is 0.0939. The van der Waals surface area contributed by atoms with Crippen LogP contribution < -0.4 is 5.32 Å². The van der Waals surface area contributed by atoms with Crippen molar-refractivity contribution in [3.8, 4) is 0 Å². The number of pyridine rings is 2. The van der Waals surface area contributed by atoms with Gasteiger partial charge < -0.3 is 10.2 Å². The van der Waals surface area contributed by atoms with Gasteiger partial charge in [0, 0.05) is 42.5 Å². The Morgan fingerprint density at radius 1 is 1.18 bits per heavy atom. The van der Waals surface area contributed by atoms with E-state index in [2.05, 4.69) is 15.3 Å². The van der Waals surface area contributed by atoms with Crippen molar-refractivity contribution < 1.29 is 4.79 Å². The lowest BCUT2D eigenvalue weighted by molar-refractivity contribution is 0.217. The van der Waals surface area contributed by atoms with Gasteiger partial charge in [0.25, 0.3) is 0 Å². The second-order valence-electron chi connectivity index (χ2n) is 5.02. The summed E-state index contributed by atoms with van der Waals surface area (Å²) in [6.07, 6.45) is 5.30. The van der Waals surface area contributed by atoms with Gasteiger partial charge in [0.1, 0.15) is 0 Å². The number of nitrogens with zero attached hydrogens (tertiary/aromatic N) is 3. The summed E-state index contributed by atoms with van der Waals surface area (Å²) in [5, 5.41) is 5.92. The Bertz CT molecular complexity index is 827. The zero-order valence-corrected chi connectivity index (χ0v) is 12.7. The van der Waals surface area contributed by atoms with E-state index < -0.39 is 0 Å². The molecule has 0 atom stereocenters. The van der Waals surface area contributed by atoms with Gasteiger partial charge in [-0.15, -0.1) is 0 Å². The summed E-state index contributed by atoms with van der Waals surface area (Å²) in [7, 11) is 0. The smallest absolute Gasteiger partial charge is 0.321 e. The van der Waals surface area contributed by atoms with Crippen LogP contribution in [0.25, 0.3) is 21.7 Å². The number of aromatic nitrogens is 2. The summed E-state index contributed by atoms with van der Waals surface area (Å²) in [6, 6.07) is 7.65. The van der Waals surface area contributed by atoms with Gasteiger partial charge in [-0.2, -0.15) is 0 Å². The number of carbonyl (C=O) groups excluding carboxylic acids is 1. The van der Waals surface area contributed by atoms with Crippen LogP contribution in [0.1, 0.15) is 13.8 Å². The average Bonchev–Trinajstić information content (AvgIpc) is 2.56. The van der Waals surface area contributed by atoms with Gasteiger partial charge in [0.2, 0.25) is 0 Å². The molecule has 2 heterocycles. The van der Waals surface area contributed by atoms with Crippen molar-refractivity contribution in [3.63, 3.8) is 0 Å². The lowest BCUT2D eigenvalue weighted by Gasteiger charge is -2.20. The van der Waals surface area contributed by atoms with Crippen molar-refractivity contribution in [1.82, 2.24) is 14.9 Å². The topological polar surface area (TPSA) is 58.1 Å². The fraction of sp³-hybridized carbons (Fsp3) is 0.235. The van der Waals surface area contributed by atoms with Gasteiger partial charge in [0.05, 0.1) is 11.2 Å².